The molecule has 3 fully saturated rings. The van der Waals surface area contributed by atoms with Crippen molar-refractivity contribution in [3.8, 4) is 11.3 Å². The number of aryl methyl sites for hydroxylation is 2. The molecule has 2 bridgehead atoms. The third kappa shape index (κ3) is 5.44. The highest BCUT2D eigenvalue weighted by Gasteiger charge is 2.48. The van der Waals surface area contributed by atoms with Crippen LogP contribution in [-0.4, -0.2) is 70.9 Å². The van der Waals surface area contributed by atoms with Gasteiger partial charge in [0.2, 0.25) is 11.8 Å². The number of thiophene rings is 1. The number of fused-ring (bicyclic) bond motifs is 3. The van der Waals surface area contributed by atoms with E-state index in [4.69, 9.17) is 0 Å². The topological polar surface area (TPSA) is 80.5 Å². The van der Waals surface area contributed by atoms with E-state index in [0.29, 0.717) is 18.5 Å². The van der Waals surface area contributed by atoms with E-state index in [1.54, 1.807) is 11.3 Å². The van der Waals surface area contributed by atoms with Gasteiger partial charge in [0.1, 0.15) is 4.83 Å². The molecule has 2 amide bonds. The average Bonchev–Trinajstić information content (AvgIpc) is 3.72. The lowest BCUT2D eigenvalue weighted by atomic mass is 9.81. The van der Waals surface area contributed by atoms with E-state index in [0.717, 1.165) is 78.2 Å². The van der Waals surface area contributed by atoms with Gasteiger partial charge < -0.3 is 20.5 Å². The summed E-state index contributed by atoms with van der Waals surface area (Å²) in [5.74, 6) is 0.325. The normalized spacial score (nSPS) is 22.5. The van der Waals surface area contributed by atoms with E-state index in [2.05, 4.69) is 84.3 Å². The summed E-state index contributed by atoms with van der Waals surface area (Å²) >= 11 is 1.71. The second kappa shape index (κ2) is 11.4. The zero-order valence-electron chi connectivity index (χ0n) is 27.0. The predicted molar refractivity (Wildman–Crippen MR) is 177 cm³/mol. The first-order valence-corrected chi connectivity index (χ1v) is 17.0. The van der Waals surface area contributed by atoms with Crippen molar-refractivity contribution < 1.29 is 9.59 Å². The van der Waals surface area contributed by atoms with Crippen LogP contribution in [0.4, 0.5) is 0 Å². The third-order valence-corrected chi connectivity index (χ3v) is 11.5. The molecule has 0 spiro atoms. The molecule has 1 unspecified atom stereocenters. The van der Waals surface area contributed by atoms with E-state index in [1.165, 1.54) is 16.7 Å². The third-order valence-electron chi connectivity index (χ3n) is 10.1. The SMILES string of the molecule is Cc1cc(C)cc(-c2[nH]c3sc(C(C)(C)C(=O)N4C5CCC4CC5)cc3c2C(C)(CC(=O)NC(C)C)N2CCNCC2)c1. The minimum atomic E-state index is -0.618. The molecule has 43 heavy (non-hydrogen) atoms. The van der Waals surface area contributed by atoms with Crippen LogP contribution in [-0.2, 0) is 20.5 Å². The minimum Gasteiger partial charge on any atom is -0.354 e. The van der Waals surface area contributed by atoms with Crippen molar-refractivity contribution in [2.75, 3.05) is 26.2 Å². The van der Waals surface area contributed by atoms with Crippen LogP contribution in [0.5, 0.6) is 0 Å². The molecule has 0 aliphatic carbocycles. The quantitative estimate of drug-likeness (QED) is 0.296. The standard InChI is InChI=1S/C35H49N5O2S/c1-21(2)37-29(41)20-35(7,39-14-12-36-13-15-39)30-27-19-28(34(5,6)33(42)40-25-8-9-26(40)11-10-25)43-32(27)38-31(30)24-17-22(3)16-23(4)18-24/h16-19,21,25-26,36,38H,8-15,20H2,1-7H3,(H,37,41). The van der Waals surface area contributed by atoms with Crippen LogP contribution in [0.2, 0.25) is 0 Å². The highest BCUT2D eigenvalue weighted by molar-refractivity contribution is 7.19. The summed E-state index contributed by atoms with van der Waals surface area (Å²) < 4.78 is 0. The lowest BCUT2D eigenvalue weighted by molar-refractivity contribution is -0.137. The fourth-order valence-corrected chi connectivity index (χ4v) is 9.22. The molecule has 1 aromatic carbocycles. The smallest absolute Gasteiger partial charge is 0.233 e. The highest BCUT2D eigenvalue weighted by atomic mass is 32.1. The molecule has 1 atom stereocenters. The van der Waals surface area contributed by atoms with Gasteiger partial charge in [-0.15, -0.1) is 11.3 Å². The van der Waals surface area contributed by atoms with Gasteiger partial charge in [-0.1, -0.05) is 17.2 Å². The van der Waals surface area contributed by atoms with Crippen LogP contribution < -0.4 is 10.6 Å². The van der Waals surface area contributed by atoms with Crippen LogP contribution in [0.1, 0.15) is 88.3 Å². The van der Waals surface area contributed by atoms with Crippen LogP contribution in [0, 0.1) is 13.8 Å². The second-order valence-corrected chi connectivity index (χ2v) is 15.4. The van der Waals surface area contributed by atoms with Crippen LogP contribution in [0.15, 0.2) is 24.3 Å². The molecule has 3 N–H and O–H groups in total. The number of aromatic nitrogens is 1. The summed E-state index contributed by atoms with van der Waals surface area (Å²) in [6.45, 7) is 18.3. The van der Waals surface area contributed by atoms with Gasteiger partial charge in [-0.3, -0.25) is 14.5 Å². The van der Waals surface area contributed by atoms with Gasteiger partial charge in [0.25, 0.3) is 0 Å². The molecule has 7 nitrogen and oxygen atoms in total. The molecule has 0 saturated carbocycles. The number of aromatic amines is 1. The van der Waals surface area contributed by atoms with Gasteiger partial charge in [0, 0.05) is 66.6 Å². The van der Waals surface area contributed by atoms with Crippen molar-refractivity contribution in [1.82, 2.24) is 25.4 Å². The summed E-state index contributed by atoms with van der Waals surface area (Å²) in [5, 5.41) is 7.81. The number of amides is 2. The number of carbonyl (C=O) groups is 2. The first-order chi connectivity index (χ1) is 20.4. The maximum atomic E-state index is 14.1. The van der Waals surface area contributed by atoms with E-state index in [9.17, 15) is 9.59 Å². The molecule has 6 rings (SSSR count). The zero-order chi connectivity index (χ0) is 30.7. The van der Waals surface area contributed by atoms with Crippen molar-refractivity contribution in [2.24, 2.45) is 0 Å². The van der Waals surface area contributed by atoms with Gasteiger partial charge in [-0.25, -0.2) is 0 Å². The van der Waals surface area contributed by atoms with E-state index < -0.39 is 11.0 Å². The Morgan fingerprint density at radius 3 is 2.16 bits per heavy atom. The number of carbonyl (C=O) groups excluding carboxylic acids is 2. The summed E-state index contributed by atoms with van der Waals surface area (Å²) in [5.41, 5.74) is 4.66. The molecule has 3 saturated heterocycles. The van der Waals surface area contributed by atoms with Crippen molar-refractivity contribution >= 4 is 33.4 Å². The Kier molecular flexibility index (Phi) is 8.01. The van der Waals surface area contributed by atoms with E-state index in [-0.39, 0.29) is 17.9 Å². The Morgan fingerprint density at radius 1 is 0.977 bits per heavy atom. The van der Waals surface area contributed by atoms with Crippen LogP contribution in [0.25, 0.3) is 21.5 Å². The van der Waals surface area contributed by atoms with Crippen molar-refractivity contribution in [3.63, 3.8) is 0 Å². The largest absolute Gasteiger partial charge is 0.354 e. The Hall–Kier alpha value is -2.68. The summed E-state index contributed by atoms with van der Waals surface area (Å²) in [7, 11) is 0. The predicted octanol–water partition coefficient (Wildman–Crippen LogP) is 5.98. The zero-order valence-corrected chi connectivity index (χ0v) is 27.8. The van der Waals surface area contributed by atoms with Gasteiger partial charge in [0.05, 0.1) is 16.6 Å². The number of nitrogens with one attached hydrogen (secondary N) is 3. The Bertz CT molecular complexity index is 1490. The number of nitrogens with zero attached hydrogens (tertiary/aromatic N) is 2. The molecule has 2 aromatic heterocycles. The van der Waals surface area contributed by atoms with E-state index in [1.807, 2.05) is 13.8 Å². The Balaban J connectivity index is 1.51. The monoisotopic (exact) mass is 603 g/mol. The number of H-pyrrole nitrogens is 1. The van der Waals surface area contributed by atoms with E-state index >= 15 is 0 Å². The number of hydrogen-bond donors (Lipinski definition) is 3. The van der Waals surface area contributed by atoms with Gasteiger partial charge in [0.15, 0.2) is 0 Å². The number of hydrogen-bond acceptors (Lipinski definition) is 5. The maximum Gasteiger partial charge on any atom is 0.233 e. The van der Waals surface area contributed by atoms with Gasteiger partial charge >= 0.3 is 0 Å². The summed E-state index contributed by atoms with van der Waals surface area (Å²) in [6.07, 6.45) is 4.93. The van der Waals surface area contributed by atoms with Gasteiger partial charge in [-0.05, 0) is 97.9 Å². The lowest BCUT2D eigenvalue weighted by Crippen LogP contribution is -2.55. The maximum absolute atomic E-state index is 14.1. The Labute approximate surface area is 260 Å². The van der Waals surface area contributed by atoms with Crippen LogP contribution in [0.3, 0.4) is 0 Å². The summed E-state index contributed by atoms with van der Waals surface area (Å²) in [6, 6.07) is 9.86. The fraction of sp³-hybridized carbons (Fsp3) is 0.600. The molecule has 3 aromatic rings. The number of rotatable bonds is 8. The first-order valence-electron chi connectivity index (χ1n) is 16.2. The minimum absolute atomic E-state index is 0.0622. The molecular weight excluding hydrogens is 554 g/mol. The Morgan fingerprint density at radius 2 is 1.58 bits per heavy atom. The molecule has 232 valence electrons. The molecular formula is C35H49N5O2S. The molecule has 5 heterocycles. The second-order valence-electron chi connectivity index (χ2n) is 14.3. The van der Waals surface area contributed by atoms with Crippen molar-refractivity contribution in [2.45, 2.75) is 110 Å². The number of benzene rings is 1. The van der Waals surface area contributed by atoms with Crippen molar-refractivity contribution in [3.05, 3.63) is 45.8 Å². The molecule has 0 radical (unpaired) electrons. The van der Waals surface area contributed by atoms with Crippen LogP contribution >= 0.6 is 11.3 Å². The molecule has 3 aliphatic heterocycles. The van der Waals surface area contributed by atoms with Crippen molar-refractivity contribution in [1.29, 1.82) is 0 Å². The molecule has 8 heteroatoms. The average molecular weight is 604 g/mol. The van der Waals surface area contributed by atoms with Gasteiger partial charge in [-0.2, -0.15) is 0 Å². The lowest BCUT2D eigenvalue weighted by Gasteiger charge is -2.44. The fourth-order valence-electron chi connectivity index (χ4n) is 8.06. The number of piperazine rings is 1. The summed E-state index contributed by atoms with van der Waals surface area (Å²) in [4.78, 5) is 38.4. The highest BCUT2D eigenvalue weighted by Crippen LogP contribution is 2.48. The first kappa shape index (κ1) is 30.4. The molecule has 3 aliphatic rings.